The van der Waals surface area contributed by atoms with Crippen molar-refractivity contribution in [2.45, 2.75) is 19.3 Å². The highest BCUT2D eigenvalue weighted by Crippen LogP contribution is 2.02. The van der Waals surface area contributed by atoms with Crippen molar-refractivity contribution in [2.75, 3.05) is 27.2 Å². The highest BCUT2D eigenvalue weighted by atomic mass is 16.1. The molecule has 0 aromatic carbocycles. The van der Waals surface area contributed by atoms with E-state index in [1.54, 1.807) is 0 Å². The van der Waals surface area contributed by atoms with Crippen molar-refractivity contribution in [3.05, 3.63) is 24.0 Å². The molecule has 0 saturated carbocycles. The zero-order chi connectivity index (χ0) is 12.7. The van der Waals surface area contributed by atoms with Gasteiger partial charge in [0, 0.05) is 31.9 Å². The van der Waals surface area contributed by atoms with Crippen molar-refractivity contribution in [2.24, 2.45) is 7.05 Å². The number of carbonyl (C=O) groups is 1. The second kappa shape index (κ2) is 7.12. The third-order valence-electron chi connectivity index (χ3n) is 2.76. The van der Waals surface area contributed by atoms with Crippen LogP contribution < -0.4 is 5.32 Å². The van der Waals surface area contributed by atoms with Gasteiger partial charge in [0.2, 0.25) is 5.91 Å². The van der Waals surface area contributed by atoms with Gasteiger partial charge < -0.3 is 14.8 Å². The van der Waals surface area contributed by atoms with Gasteiger partial charge in [0.1, 0.15) is 0 Å². The standard InChI is InChI=1S/C13H23N3O/c1-15(2)10-5-9-14-13(17)8-7-12-6-4-11-16(12)3/h4,6,11H,5,7-10H2,1-3H3,(H,14,17). The van der Waals surface area contributed by atoms with Crippen molar-refractivity contribution < 1.29 is 4.79 Å². The fraction of sp³-hybridized carbons (Fsp3) is 0.615. The molecule has 0 aliphatic rings. The molecule has 4 nitrogen and oxygen atoms in total. The minimum Gasteiger partial charge on any atom is -0.356 e. The van der Waals surface area contributed by atoms with Gasteiger partial charge in [-0.3, -0.25) is 4.79 Å². The highest BCUT2D eigenvalue weighted by Gasteiger charge is 2.03. The Morgan fingerprint density at radius 1 is 1.47 bits per heavy atom. The van der Waals surface area contributed by atoms with E-state index in [4.69, 9.17) is 0 Å². The summed E-state index contributed by atoms with van der Waals surface area (Å²) in [4.78, 5) is 13.7. The molecular formula is C13H23N3O. The molecule has 0 aliphatic heterocycles. The molecule has 1 aromatic heterocycles. The lowest BCUT2D eigenvalue weighted by Gasteiger charge is -2.10. The summed E-state index contributed by atoms with van der Waals surface area (Å²) in [5.74, 6) is 0.143. The summed E-state index contributed by atoms with van der Waals surface area (Å²) in [5.41, 5.74) is 1.20. The van der Waals surface area contributed by atoms with Crippen LogP contribution in [0, 0.1) is 0 Å². The van der Waals surface area contributed by atoms with Crippen LogP contribution in [-0.2, 0) is 18.3 Å². The van der Waals surface area contributed by atoms with Gasteiger partial charge in [0.25, 0.3) is 0 Å². The Balaban J connectivity index is 2.11. The van der Waals surface area contributed by atoms with Gasteiger partial charge in [0.05, 0.1) is 0 Å². The molecule has 4 heteroatoms. The normalized spacial score (nSPS) is 10.8. The summed E-state index contributed by atoms with van der Waals surface area (Å²) in [6.07, 6.45) is 4.38. The quantitative estimate of drug-likeness (QED) is 0.719. The average molecular weight is 237 g/mol. The molecule has 1 N–H and O–H groups in total. The van der Waals surface area contributed by atoms with Crippen LogP contribution in [0.3, 0.4) is 0 Å². The molecule has 96 valence electrons. The first-order valence-electron chi connectivity index (χ1n) is 6.11. The van der Waals surface area contributed by atoms with Gasteiger partial charge in [-0.2, -0.15) is 0 Å². The van der Waals surface area contributed by atoms with E-state index in [2.05, 4.69) is 20.9 Å². The Morgan fingerprint density at radius 3 is 2.82 bits per heavy atom. The van der Waals surface area contributed by atoms with Crippen LogP contribution in [0.1, 0.15) is 18.5 Å². The topological polar surface area (TPSA) is 37.3 Å². The number of aromatic nitrogens is 1. The van der Waals surface area contributed by atoms with Crippen LogP contribution in [0.2, 0.25) is 0 Å². The van der Waals surface area contributed by atoms with Crippen molar-refractivity contribution in [3.63, 3.8) is 0 Å². The number of aryl methyl sites for hydroxylation is 2. The first kappa shape index (κ1) is 13.8. The third kappa shape index (κ3) is 5.54. The molecule has 17 heavy (non-hydrogen) atoms. The fourth-order valence-corrected chi connectivity index (χ4v) is 1.71. The zero-order valence-corrected chi connectivity index (χ0v) is 11.1. The number of hydrogen-bond donors (Lipinski definition) is 1. The zero-order valence-electron chi connectivity index (χ0n) is 11.1. The van der Waals surface area contributed by atoms with Crippen LogP contribution in [0.4, 0.5) is 0 Å². The molecule has 0 bridgehead atoms. The molecule has 0 spiro atoms. The minimum absolute atomic E-state index is 0.143. The highest BCUT2D eigenvalue weighted by molar-refractivity contribution is 5.76. The van der Waals surface area contributed by atoms with Crippen LogP contribution in [0.25, 0.3) is 0 Å². The summed E-state index contributed by atoms with van der Waals surface area (Å²) in [5, 5.41) is 2.95. The van der Waals surface area contributed by atoms with E-state index < -0.39 is 0 Å². The summed E-state index contributed by atoms with van der Waals surface area (Å²) in [7, 11) is 6.08. The molecule has 0 radical (unpaired) electrons. The number of rotatable bonds is 7. The van der Waals surface area contributed by atoms with Crippen LogP contribution in [-0.4, -0.2) is 42.6 Å². The Kier molecular flexibility index (Phi) is 5.77. The maximum Gasteiger partial charge on any atom is 0.220 e. The van der Waals surface area contributed by atoms with E-state index in [1.165, 1.54) is 5.69 Å². The van der Waals surface area contributed by atoms with E-state index in [-0.39, 0.29) is 5.91 Å². The second-order valence-corrected chi connectivity index (χ2v) is 4.62. The minimum atomic E-state index is 0.143. The van der Waals surface area contributed by atoms with Crippen LogP contribution >= 0.6 is 0 Å². The number of nitrogens with one attached hydrogen (secondary N) is 1. The molecule has 1 heterocycles. The Hall–Kier alpha value is -1.29. The lowest BCUT2D eigenvalue weighted by atomic mass is 10.2. The number of nitrogens with zero attached hydrogens (tertiary/aromatic N) is 2. The predicted octanol–water partition coefficient (Wildman–Crippen LogP) is 1.03. The third-order valence-corrected chi connectivity index (χ3v) is 2.76. The SMILES string of the molecule is CN(C)CCCNC(=O)CCc1cccn1C. The molecule has 1 amide bonds. The van der Waals surface area contributed by atoms with E-state index >= 15 is 0 Å². The smallest absolute Gasteiger partial charge is 0.220 e. The first-order valence-corrected chi connectivity index (χ1v) is 6.11. The summed E-state index contributed by atoms with van der Waals surface area (Å²) in [6.45, 7) is 1.78. The van der Waals surface area contributed by atoms with Crippen molar-refractivity contribution in [3.8, 4) is 0 Å². The van der Waals surface area contributed by atoms with Crippen molar-refractivity contribution in [1.82, 2.24) is 14.8 Å². The Labute approximate surface area is 104 Å². The Morgan fingerprint density at radius 2 is 2.24 bits per heavy atom. The average Bonchev–Trinajstić information content (AvgIpc) is 2.67. The molecule has 1 rings (SSSR count). The molecule has 0 atom stereocenters. The largest absolute Gasteiger partial charge is 0.356 e. The summed E-state index contributed by atoms with van der Waals surface area (Å²) in [6, 6.07) is 4.06. The second-order valence-electron chi connectivity index (χ2n) is 4.62. The van der Waals surface area contributed by atoms with Gasteiger partial charge >= 0.3 is 0 Å². The summed E-state index contributed by atoms with van der Waals surface area (Å²) < 4.78 is 2.05. The van der Waals surface area contributed by atoms with Crippen molar-refractivity contribution >= 4 is 5.91 Å². The van der Waals surface area contributed by atoms with Gasteiger partial charge in [-0.25, -0.2) is 0 Å². The number of amides is 1. The molecule has 1 aromatic rings. The lowest BCUT2D eigenvalue weighted by molar-refractivity contribution is -0.121. The molecule has 0 aliphatic carbocycles. The Bertz CT molecular complexity index is 344. The molecular weight excluding hydrogens is 214 g/mol. The maximum absolute atomic E-state index is 11.6. The van der Waals surface area contributed by atoms with Gasteiger partial charge in [0.15, 0.2) is 0 Å². The predicted molar refractivity (Wildman–Crippen MR) is 69.9 cm³/mol. The van der Waals surface area contributed by atoms with Gasteiger partial charge in [-0.05, 0) is 45.6 Å². The van der Waals surface area contributed by atoms with E-state index in [9.17, 15) is 4.79 Å². The van der Waals surface area contributed by atoms with Gasteiger partial charge in [-0.15, -0.1) is 0 Å². The first-order chi connectivity index (χ1) is 8.09. The van der Waals surface area contributed by atoms with E-state index in [0.29, 0.717) is 6.42 Å². The number of carbonyl (C=O) groups excluding carboxylic acids is 1. The number of hydrogen-bond acceptors (Lipinski definition) is 2. The van der Waals surface area contributed by atoms with Crippen LogP contribution in [0.5, 0.6) is 0 Å². The van der Waals surface area contributed by atoms with Crippen molar-refractivity contribution in [1.29, 1.82) is 0 Å². The lowest BCUT2D eigenvalue weighted by Crippen LogP contribution is -2.27. The summed E-state index contributed by atoms with van der Waals surface area (Å²) >= 11 is 0. The van der Waals surface area contributed by atoms with E-state index in [1.807, 2.05) is 33.4 Å². The molecule has 0 fully saturated rings. The van der Waals surface area contributed by atoms with E-state index in [0.717, 1.165) is 25.9 Å². The molecule has 0 unspecified atom stereocenters. The molecule has 0 saturated heterocycles. The van der Waals surface area contributed by atoms with Crippen LogP contribution in [0.15, 0.2) is 18.3 Å². The fourth-order valence-electron chi connectivity index (χ4n) is 1.71. The van der Waals surface area contributed by atoms with Gasteiger partial charge in [-0.1, -0.05) is 0 Å². The monoisotopic (exact) mass is 237 g/mol. The maximum atomic E-state index is 11.6.